The average Bonchev–Trinajstić information content (AvgIpc) is 2.83. The van der Waals surface area contributed by atoms with Crippen LogP contribution in [0.2, 0.25) is 5.02 Å². The van der Waals surface area contributed by atoms with Crippen LogP contribution in [0, 0.1) is 23.2 Å². The van der Waals surface area contributed by atoms with Crippen molar-refractivity contribution in [1.82, 2.24) is 5.32 Å². The largest absolute Gasteiger partial charge is 0.495 e. The highest BCUT2D eigenvalue weighted by atomic mass is 35.5. The molecule has 3 N–H and O–H groups in total. The first-order chi connectivity index (χ1) is 15.8. The third-order valence-corrected chi connectivity index (χ3v) is 6.00. The molecule has 0 atom stereocenters. The van der Waals surface area contributed by atoms with E-state index in [9.17, 15) is 19.6 Å². The smallest absolute Gasteiger partial charge is 0.306 e. The Balaban J connectivity index is 1.68. The molecule has 0 bridgehead atoms. The molecule has 2 aromatic rings. The molecule has 0 unspecified atom stereocenters. The molecule has 1 aliphatic rings. The summed E-state index contributed by atoms with van der Waals surface area (Å²) in [6.07, 6.45) is 1.87. The summed E-state index contributed by atoms with van der Waals surface area (Å²) in [6.45, 7) is 0.163. The highest BCUT2D eigenvalue weighted by Crippen LogP contribution is 2.30. The number of carbonyl (C=O) groups excluding carboxylic acids is 2. The Labute approximate surface area is 196 Å². The molecule has 1 aliphatic carbocycles. The van der Waals surface area contributed by atoms with Crippen LogP contribution in [0.3, 0.4) is 0 Å². The number of nitrogens with one attached hydrogen (secondary N) is 2. The van der Waals surface area contributed by atoms with E-state index < -0.39 is 17.8 Å². The van der Waals surface area contributed by atoms with Crippen molar-refractivity contribution in [2.45, 2.75) is 32.2 Å². The van der Waals surface area contributed by atoms with E-state index in [4.69, 9.17) is 21.4 Å². The van der Waals surface area contributed by atoms with Crippen molar-refractivity contribution in [3.63, 3.8) is 0 Å². The standard InChI is InChI=1S/C24H24ClN3O5/c1-33-21-9-2-14(10-17(21)12-26)13-27-23(30)19-11-18(25)7-8-20(19)28-22(29)15-3-5-16(6-4-15)24(31)32/h2,7-11,15-16H,3-6,13H2,1H3,(H,27,30)(H,28,29)(H,31,32). The van der Waals surface area contributed by atoms with Crippen molar-refractivity contribution < 1.29 is 24.2 Å². The van der Waals surface area contributed by atoms with Crippen LogP contribution < -0.4 is 15.4 Å². The number of carbonyl (C=O) groups is 3. The maximum Gasteiger partial charge on any atom is 0.306 e. The minimum Gasteiger partial charge on any atom is -0.495 e. The van der Waals surface area contributed by atoms with Crippen LogP contribution in [-0.2, 0) is 16.1 Å². The number of benzene rings is 2. The number of ether oxygens (including phenoxy) is 1. The van der Waals surface area contributed by atoms with E-state index in [0.717, 1.165) is 0 Å². The molecule has 33 heavy (non-hydrogen) atoms. The fourth-order valence-electron chi connectivity index (χ4n) is 3.88. The molecule has 172 valence electrons. The van der Waals surface area contributed by atoms with Crippen molar-refractivity contribution in [3.8, 4) is 11.8 Å². The molecule has 0 spiro atoms. The van der Waals surface area contributed by atoms with Gasteiger partial charge in [0.2, 0.25) is 5.91 Å². The maximum atomic E-state index is 12.9. The van der Waals surface area contributed by atoms with Crippen LogP contribution in [-0.4, -0.2) is 30.0 Å². The number of methoxy groups -OCH3 is 1. The zero-order chi connectivity index (χ0) is 24.0. The second kappa shape index (κ2) is 10.8. The predicted octanol–water partition coefficient (Wildman–Crippen LogP) is 3.98. The van der Waals surface area contributed by atoms with Gasteiger partial charge >= 0.3 is 5.97 Å². The lowest BCUT2D eigenvalue weighted by Gasteiger charge is -2.25. The third kappa shape index (κ3) is 6.02. The van der Waals surface area contributed by atoms with Crippen LogP contribution in [0.4, 0.5) is 5.69 Å². The van der Waals surface area contributed by atoms with Crippen LogP contribution in [0.5, 0.6) is 5.75 Å². The summed E-state index contributed by atoms with van der Waals surface area (Å²) in [5, 5.41) is 24.3. The Bertz CT molecular complexity index is 1100. The lowest BCUT2D eigenvalue weighted by molar-refractivity contribution is -0.143. The highest BCUT2D eigenvalue weighted by Gasteiger charge is 2.30. The summed E-state index contributed by atoms with van der Waals surface area (Å²) in [4.78, 5) is 36.7. The van der Waals surface area contributed by atoms with Gasteiger partial charge in [-0.3, -0.25) is 14.4 Å². The predicted molar refractivity (Wildman–Crippen MR) is 122 cm³/mol. The van der Waals surface area contributed by atoms with E-state index in [1.807, 2.05) is 6.07 Å². The lowest BCUT2D eigenvalue weighted by atomic mass is 9.81. The number of rotatable bonds is 7. The Morgan fingerprint density at radius 1 is 1.12 bits per heavy atom. The molecule has 0 aromatic heterocycles. The van der Waals surface area contributed by atoms with E-state index in [1.165, 1.54) is 13.2 Å². The molecule has 8 nitrogen and oxygen atoms in total. The monoisotopic (exact) mass is 469 g/mol. The van der Waals surface area contributed by atoms with Gasteiger partial charge in [0.1, 0.15) is 11.8 Å². The Kier molecular flexibility index (Phi) is 7.91. The van der Waals surface area contributed by atoms with E-state index in [1.54, 1.807) is 30.3 Å². The van der Waals surface area contributed by atoms with Gasteiger partial charge in [-0.2, -0.15) is 5.26 Å². The van der Waals surface area contributed by atoms with Gasteiger partial charge in [-0.15, -0.1) is 0 Å². The zero-order valence-corrected chi connectivity index (χ0v) is 18.8. The van der Waals surface area contributed by atoms with Gasteiger partial charge < -0.3 is 20.5 Å². The number of halogens is 1. The zero-order valence-electron chi connectivity index (χ0n) is 18.1. The minimum absolute atomic E-state index is 0.163. The summed E-state index contributed by atoms with van der Waals surface area (Å²) in [6, 6.07) is 11.7. The Hall–Kier alpha value is -3.57. The molecule has 0 heterocycles. The van der Waals surface area contributed by atoms with E-state index in [-0.39, 0.29) is 23.9 Å². The van der Waals surface area contributed by atoms with Crippen LogP contribution >= 0.6 is 11.6 Å². The fourth-order valence-corrected chi connectivity index (χ4v) is 4.05. The summed E-state index contributed by atoms with van der Waals surface area (Å²) < 4.78 is 5.13. The first-order valence-electron chi connectivity index (χ1n) is 10.5. The van der Waals surface area contributed by atoms with Gasteiger partial charge in [-0.25, -0.2) is 0 Å². The molecule has 1 fully saturated rings. The number of carboxylic acid groups (broad SMARTS) is 1. The van der Waals surface area contributed by atoms with Gasteiger partial charge in [0, 0.05) is 17.5 Å². The molecule has 0 aliphatic heterocycles. The minimum atomic E-state index is -0.829. The average molecular weight is 470 g/mol. The lowest BCUT2D eigenvalue weighted by Crippen LogP contribution is -2.30. The number of nitriles is 1. The molecule has 2 amide bonds. The summed E-state index contributed by atoms with van der Waals surface area (Å²) >= 11 is 6.08. The van der Waals surface area contributed by atoms with Gasteiger partial charge in [-0.05, 0) is 61.6 Å². The highest BCUT2D eigenvalue weighted by molar-refractivity contribution is 6.31. The van der Waals surface area contributed by atoms with Crippen molar-refractivity contribution in [1.29, 1.82) is 5.26 Å². The van der Waals surface area contributed by atoms with Crippen molar-refractivity contribution in [3.05, 3.63) is 58.1 Å². The van der Waals surface area contributed by atoms with Crippen molar-refractivity contribution >= 4 is 35.1 Å². The van der Waals surface area contributed by atoms with Crippen LogP contribution in [0.25, 0.3) is 0 Å². The SMILES string of the molecule is COc1ccc(CNC(=O)c2cc(Cl)ccc2NC(=O)C2CCC(C(=O)O)CC2)cc1C#N. The molecule has 9 heteroatoms. The first-order valence-corrected chi connectivity index (χ1v) is 10.9. The van der Waals surface area contributed by atoms with Gasteiger partial charge in [0.05, 0.1) is 29.8 Å². The van der Waals surface area contributed by atoms with Crippen molar-refractivity contribution in [2.24, 2.45) is 11.8 Å². The van der Waals surface area contributed by atoms with Crippen LogP contribution in [0.1, 0.15) is 47.2 Å². The molecule has 3 rings (SSSR count). The molecular formula is C24H24ClN3O5. The normalized spacial score (nSPS) is 17.5. The maximum absolute atomic E-state index is 12.9. The van der Waals surface area contributed by atoms with E-state index in [2.05, 4.69) is 10.6 Å². The Morgan fingerprint density at radius 3 is 2.45 bits per heavy atom. The van der Waals surface area contributed by atoms with Crippen molar-refractivity contribution in [2.75, 3.05) is 12.4 Å². The number of hydrogen-bond acceptors (Lipinski definition) is 5. The van der Waals surface area contributed by atoms with Gasteiger partial charge in [0.25, 0.3) is 5.91 Å². The Morgan fingerprint density at radius 2 is 1.82 bits per heavy atom. The second-order valence-electron chi connectivity index (χ2n) is 7.90. The molecule has 2 aromatic carbocycles. The first kappa shape index (κ1) is 24.1. The van der Waals surface area contributed by atoms with Gasteiger partial charge in [-0.1, -0.05) is 17.7 Å². The van der Waals surface area contributed by atoms with Gasteiger partial charge in [0.15, 0.2) is 0 Å². The number of nitrogens with zero attached hydrogens (tertiary/aromatic N) is 1. The van der Waals surface area contributed by atoms with E-state index >= 15 is 0 Å². The molecule has 1 saturated carbocycles. The van der Waals surface area contributed by atoms with E-state index in [0.29, 0.717) is 53.3 Å². The number of anilines is 1. The quantitative estimate of drug-likeness (QED) is 0.562. The summed E-state index contributed by atoms with van der Waals surface area (Å²) in [5.74, 6) is -1.78. The number of hydrogen-bond donors (Lipinski definition) is 3. The molecule has 0 radical (unpaired) electrons. The summed E-state index contributed by atoms with van der Waals surface area (Å²) in [5.41, 5.74) is 1.61. The molecular weight excluding hydrogens is 446 g/mol. The summed E-state index contributed by atoms with van der Waals surface area (Å²) in [7, 11) is 1.48. The molecule has 0 saturated heterocycles. The fraction of sp³-hybridized carbons (Fsp3) is 0.333. The third-order valence-electron chi connectivity index (χ3n) is 5.77. The van der Waals surface area contributed by atoms with Crippen LogP contribution in [0.15, 0.2) is 36.4 Å². The number of aliphatic carboxylic acids is 1. The topological polar surface area (TPSA) is 129 Å². The second-order valence-corrected chi connectivity index (χ2v) is 8.33. The number of amides is 2. The number of carboxylic acids is 1.